The second-order valence-corrected chi connectivity index (χ2v) is 2.70. The molecule has 0 spiro atoms. The zero-order valence-corrected chi connectivity index (χ0v) is 9.17. The molecule has 1 aliphatic rings. The summed E-state index contributed by atoms with van der Waals surface area (Å²) in [5, 5.41) is 0. The third-order valence-electron chi connectivity index (χ3n) is 1.81. The van der Waals surface area contributed by atoms with E-state index >= 15 is 0 Å². The maximum Gasteiger partial charge on any atom is -0.00917 e. The molecule has 0 aliphatic heterocycles. The Kier molecular flexibility index (Phi) is 6.99. The van der Waals surface area contributed by atoms with Crippen molar-refractivity contribution < 1.29 is 0 Å². The first-order valence-electron chi connectivity index (χ1n) is 5.00. The molecule has 0 saturated heterocycles. The molecule has 0 aromatic rings. The van der Waals surface area contributed by atoms with Crippen LogP contribution in [0, 0.1) is 0 Å². The Bertz CT molecular complexity index is 237. The summed E-state index contributed by atoms with van der Waals surface area (Å²) in [5.41, 5.74) is 2.79. The molecular formula is C13H20. The van der Waals surface area contributed by atoms with Crippen molar-refractivity contribution in [1.29, 1.82) is 0 Å². The maximum atomic E-state index is 2.18. The van der Waals surface area contributed by atoms with Gasteiger partial charge in [0.2, 0.25) is 0 Å². The van der Waals surface area contributed by atoms with Crippen molar-refractivity contribution in [3.63, 3.8) is 0 Å². The van der Waals surface area contributed by atoms with Gasteiger partial charge in [-0.3, -0.25) is 0 Å². The Balaban J connectivity index is 0.000000671. The summed E-state index contributed by atoms with van der Waals surface area (Å²) >= 11 is 0. The van der Waals surface area contributed by atoms with Gasteiger partial charge in [0.25, 0.3) is 0 Å². The zero-order chi connectivity index (χ0) is 10.1. The van der Waals surface area contributed by atoms with E-state index in [2.05, 4.69) is 43.4 Å². The zero-order valence-electron chi connectivity index (χ0n) is 9.17. The van der Waals surface area contributed by atoms with Gasteiger partial charge in [-0.25, -0.2) is 0 Å². The fourth-order valence-corrected chi connectivity index (χ4v) is 1.16. The second kappa shape index (κ2) is 7.60. The summed E-state index contributed by atoms with van der Waals surface area (Å²) in [6.07, 6.45) is 13.8. The van der Waals surface area contributed by atoms with Gasteiger partial charge in [-0.1, -0.05) is 50.3 Å². The SMILES string of the molecule is C/C=C\C(C)=C1\C=CC=CC1.CC. The largest absolute Gasteiger partial charge is 0.0874 e. The van der Waals surface area contributed by atoms with E-state index in [-0.39, 0.29) is 0 Å². The van der Waals surface area contributed by atoms with Gasteiger partial charge in [0.1, 0.15) is 0 Å². The molecular weight excluding hydrogens is 156 g/mol. The first-order valence-corrected chi connectivity index (χ1v) is 5.00. The van der Waals surface area contributed by atoms with Crippen LogP contribution in [-0.2, 0) is 0 Å². The third-order valence-corrected chi connectivity index (χ3v) is 1.81. The van der Waals surface area contributed by atoms with Crippen LogP contribution in [0.4, 0.5) is 0 Å². The van der Waals surface area contributed by atoms with Crippen molar-refractivity contribution in [2.75, 3.05) is 0 Å². The molecule has 13 heavy (non-hydrogen) atoms. The molecule has 0 N–H and O–H groups in total. The highest BCUT2D eigenvalue weighted by molar-refractivity contribution is 5.37. The number of hydrogen-bond acceptors (Lipinski definition) is 0. The standard InChI is InChI=1S/C11H14.C2H6/c1-3-7-10(2)11-8-5-4-6-9-11;1-2/h3-8H,9H2,1-2H3;1-2H3/b7-3-,11-10-;. The number of rotatable bonds is 1. The molecule has 0 saturated carbocycles. The fraction of sp³-hybridized carbons (Fsp3) is 0.385. The molecule has 0 amide bonds. The van der Waals surface area contributed by atoms with Crippen LogP contribution in [-0.4, -0.2) is 0 Å². The van der Waals surface area contributed by atoms with Crippen molar-refractivity contribution in [2.45, 2.75) is 34.1 Å². The Morgan fingerprint density at radius 1 is 1.31 bits per heavy atom. The van der Waals surface area contributed by atoms with E-state index in [1.807, 2.05) is 20.8 Å². The average molecular weight is 176 g/mol. The first-order chi connectivity index (χ1) is 6.34. The highest BCUT2D eigenvalue weighted by Crippen LogP contribution is 2.15. The summed E-state index contributed by atoms with van der Waals surface area (Å²) in [6.45, 7) is 8.20. The van der Waals surface area contributed by atoms with Gasteiger partial charge in [-0.2, -0.15) is 0 Å². The summed E-state index contributed by atoms with van der Waals surface area (Å²) in [5.74, 6) is 0. The van der Waals surface area contributed by atoms with Gasteiger partial charge >= 0.3 is 0 Å². The van der Waals surface area contributed by atoms with Crippen LogP contribution in [0.5, 0.6) is 0 Å². The Labute approximate surface area is 82.4 Å². The molecule has 0 fully saturated rings. The van der Waals surface area contributed by atoms with Crippen molar-refractivity contribution in [2.24, 2.45) is 0 Å². The van der Waals surface area contributed by atoms with Crippen LogP contribution in [0.1, 0.15) is 34.1 Å². The molecule has 0 nitrogen and oxygen atoms in total. The molecule has 0 aromatic carbocycles. The van der Waals surface area contributed by atoms with E-state index in [1.165, 1.54) is 11.1 Å². The molecule has 0 radical (unpaired) electrons. The minimum Gasteiger partial charge on any atom is -0.0874 e. The molecule has 0 unspecified atom stereocenters. The van der Waals surface area contributed by atoms with E-state index < -0.39 is 0 Å². The molecule has 0 atom stereocenters. The molecule has 0 heterocycles. The van der Waals surface area contributed by atoms with Crippen molar-refractivity contribution in [3.05, 3.63) is 47.6 Å². The highest BCUT2D eigenvalue weighted by atomic mass is 14.0. The van der Waals surface area contributed by atoms with Gasteiger partial charge in [-0.15, -0.1) is 0 Å². The van der Waals surface area contributed by atoms with E-state index in [4.69, 9.17) is 0 Å². The second-order valence-electron chi connectivity index (χ2n) is 2.70. The lowest BCUT2D eigenvalue weighted by atomic mass is 10.0. The van der Waals surface area contributed by atoms with Gasteiger partial charge < -0.3 is 0 Å². The van der Waals surface area contributed by atoms with Crippen molar-refractivity contribution >= 4 is 0 Å². The molecule has 0 aromatic heterocycles. The van der Waals surface area contributed by atoms with E-state index in [0.29, 0.717) is 0 Å². The number of allylic oxidation sites excluding steroid dienone is 8. The van der Waals surface area contributed by atoms with Crippen molar-refractivity contribution in [1.82, 2.24) is 0 Å². The smallest absolute Gasteiger partial charge is 0.00917 e. The van der Waals surface area contributed by atoms with Crippen LogP contribution in [0.2, 0.25) is 0 Å². The monoisotopic (exact) mass is 176 g/mol. The van der Waals surface area contributed by atoms with Crippen LogP contribution >= 0.6 is 0 Å². The highest BCUT2D eigenvalue weighted by Gasteiger charge is 1.95. The topological polar surface area (TPSA) is 0 Å². The van der Waals surface area contributed by atoms with Crippen LogP contribution in [0.25, 0.3) is 0 Å². The Hall–Kier alpha value is -1.04. The predicted octanol–water partition coefficient (Wildman–Crippen LogP) is 4.42. The van der Waals surface area contributed by atoms with E-state index in [9.17, 15) is 0 Å². The number of hydrogen-bond donors (Lipinski definition) is 0. The molecule has 0 bridgehead atoms. The average Bonchev–Trinajstić information content (AvgIpc) is 2.23. The summed E-state index contributed by atoms with van der Waals surface area (Å²) in [7, 11) is 0. The quantitative estimate of drug-likeness (QED) is 0.554. The van der Waals surface area contributed by atoms with Gasteiger partial charge in [0, 0.05) is 0 Å². The predicted molar refractivity (Wildman–Crippen MR) is 61.8 cm³/mol. The molecule has 0 heteroatoms. The maximum absolute atomic E-state index is 2.18. The Morgan fingerprint density at radius 2 is 2.00 bits per heavy atom. The lowest BCUT2D eigenvalue weighted by Crippen LogP contribution is -1.84. The summed E-state index contributed by atoms with van der Waals surface area (Å²) in [4.78, 5) is 0. The van der Waals surface area contributed by atoms with E-state index in [0.717, 1.165) is 6.42 Å². The first kappa shape index (κ1) is 12.0. The fourth-order valence-electron chi connectivity index (χ4n) is 1.16. The summed E-state index contributed by atoms with van der Waals surface area (Å²) in [6, 6.07) is 0. The Morgan fingerprint density at radius 3 is 2.46 bits per heavy atom. The minimum absolute atomic E-state index is 1.08. The minimum atomic E-state index is 1.08. The van der Waals surface area contributed by atoms with Gasteiger partial charge in [0.15, 0.2) is 0 Å². The lowest BCUT2D eigenvalue weighted by Gasteiger charge is -2.04. The normalized spacial score (nSPS) is 18.5. The third kappa shape index (κ3) is 4.51. The lowest BCUT2D eigenvalue weighted by molar-refractivity contribution is 1.21. The summed E-state index contributed by atoms with van der Waals surface area (Å²) < 4.78 is 0. The molecule has 72 valence electrons. The van der Waals surface area contributed by atoms with E-state index in [1.54, 1.807) is 0 Å². The molecule has 1 rings (SSSR count). The van der Waals surface area contributed by atoms with Crippen LogP contribution in [0.3, 0.4) is 0 Å². The van der Waals surface area contributed by atoms with Gasteiger partial charge in [-0.05, 0) is 31.4 Å². The van der Waals surface area contributed by atoms with Crippen molar-refractivity contribution in [3.8, 4) is 0 Å². The van der Waals surface area contributed by atoms with Gasteiger partial charge in [0.05, 0.1) is 0 Å². The van der Waals surface area contributed by atoms with Crippen LogP contribution in [0.15, 0.2) is 47.6 Å². The molecule has 1 aliphatic carbocycles. The van der Waals surface area contributed by atoms with Crippen LogP contribution < -0.4 is 0 Å².